The van der Waals surface area contributed by atoms with Crippen LogP contribution in [-0.4, -0.2) is 17.0 Å². The number of carbonyl (C=O) groups excluding carboxylic acids is 1. The van der Waals surface area contributed by atoms with Crippen molar-refractivity contribution in [2.75, 3.05) is 6.54 Å². The van der Waals surface area contributed by atoms with Crippen molar-refractivity contribution in [1.29, 1.82) is 0 Å². The molecule has 2 aromatic carbocycles. The first-order valence-electron chi connectivity index (χ1n) is 7.23. The van der Waals surface area contributed by atoms with E-state index in [4.69, 9.17) is 0 Å². The maximum atomic E-state index is 12.2. The Kier molecular flexibility index (Phi) is 2.61. The number of nitrogens with zero attached hydrogens (tertiary/aromatic N) is 1. The largest absolute Gasteiger partial charge is 0.350 e. The molecule has 0 spiro atoms. The summed E-state index contributed by atoms with van der Waals surface area (Å²) >= 11 is 0. The molecular weight excluding hydrogens is 260 g/mol. The van der Waals surface area contributed by atoms with Crippen LogP contribution in [0.4, 0.5) is 0 Å². The Morgan fingerprint density at radius 3 is 2.67 bits per heavy atom. The van der Waals surface area contributed by atoms with E-state index in [0.717, 1.165) is 17.6 Å². The van der Waals surface area contributed by atoms with Crippen LogP contribution >= 0.6 is 0 Å². The third-order valence-corrected chi connectivity index (χ3v) is 4.25. The van der Waals surface area contributed by atoms with Crippen molar-refractivity contribution in [2.45, 2.75) is 13.5 Å². The van der Waals surface area contributed by atoms with Crippen LogP contribution in [-0.2, 0) is 6.54 Å². The monoisotopic (exact) mass is 276 g/mol. The van der Waals surface area contributed by atoms with Crippen LogP contribution in [0.1, 0.15) is 15.9 Å². The van der Waals surface area contributed by atoms with Crippen molar-refractivity contribution in [3.8, 4) is 11.3 Å². The number of aromatic nitrogens is 1. The van der Waals surface area contributed by atoms with Gasteiger partial charge in [-0.3, -0.25) is 4.79 Å². The summed E-state index contributed by atoms with van der Waals surface area (Å²) < 4.78 is 2.28. The highest BCUT2D eigenvalue weighted by molar-refractivity contribution is 6.08. The quantitative estimate of drug-likeness (QED) is 0.726. The summed E-state index contributed by atoms with van der Waals surface area (Å²) in [6.07, 6.45) is 0. The minimum Gasteiger partial charge on any atom is -0.350 e. The summed E-state index contributed by atoms with van der Waals surface area (Å²) in [5, 5.41) is 4.15. The molecular formula is C18H16N2O. The summed E-state index contributed by atoms with van der Waals surface area (Å²) in [5.74, 6) is 0.0245. The highest BCUT2D eigenvalue weighted by atomic mass is 16.1. The van der Waals surface area contributed by atoms with E-state index >= 15 is 0 Å². The minimum absolute atomic E-state index is 0.0245. The molecule has 21 heavy (non-hydrogen) atoms. The van der Waals surface area contributed by atoms with Crippen molar-refractivity contribution < 1.29 is 4.79 Å². The summed E-state index contributed by atoms with van der Waals surface area (Å²) in [6, 6.07) is 16.4. The van der Waals surface area contributed by atoms with Crippen LogP contribution in [0.3, 0.4) is 0 Å². The Balaban J connectivity index is 2.14. The normalized spacial score (nSPS) is 14.0. The molecule has 104 valence electrons. The predicted octanol–water partition coefficient (Wildman–Crippen LogP) is 3.36. The van der Waals surface area contributed by atoms with E-state index < -0.39 is 0 Å². The van der Waals surface area contributed by atoms with Crippen molar-refractivity contribution in [3.63, 3.8) is 0 Å². The number of aryl methyl sites for hydroxylation is 1. The standard InChI is InChI=1S/C18H16N2O/c1-12-14-8-5-9-15-17(14)20(11-10-19-18(15)21)16(12)13-6-3-2-4-7-13/h2-9H,10-11H2,1H3,(H,19,21). The SMILES string of the molecule is Cc1c(-c2ccccc2)n2c3c(cccc13)C(=O)NCC2. The Hall–Kier alpha value is -2.55. The molecule has 3 aromatic rings. The Morgan fingerprint density at radius 1 is 1.05 bits per heavy atom. The van der Waals surface area contributed by atoms with Gasteiger partial charge in [0.2, 0.25) is 0 Å². The van der Waals surface area contributed by atoms with Crippen LogP contribution in [0, 0.1) is 6.92 Å². The van der Waals surface area contributed by atoms with E-state index in [-0.39, 0.29) is 5.91 Å². The van der Waals surface area contributed by atoms with Gasteiger partial charge >= 0.3 is 0 Å². The van der Waals surface area contributed by atoms with Crippen molar-refractivity contribution in [1.82, 2.24) is 9.88 Å². The second-order valence-electron chi connectivity index (χ2n) is 5.45. The van der Waals surface area contributed by atoms with Gasteiger partial charge in [-0.25, -0.2) is 0 Å². The van der Waals surface area contributed by atoms with Gasteiger partial charge < -0.3 is 9.88 Å². The average Bonchev–Trinajstić information content (AvgIpc) is 2.69. The number of para-hydroxylation sites is 1. The first-order chi connectivity index (χ1) is 10.3. The summed E-state index contributed by atoms with van der Waals surface area (Å²) in [5.41, 5.74) is 5.49. The summed E-state index contributed by atoms with van der Waals surface area (Å²) in [4.78, 5) is 12.2. The third kappa shape index (κ3) is 1.70. The fraction of sp³-hybridized carbons (Fsp3) is 0.167. The van der Waals surface area contributed by atoms with Crippen molar-refractivity contribution >= 4 is 16.8 Å². The van der Waals surface area contributed by atoms with Gasteiger partial charge in [0.25, 0.3) is 5.91 Å². The van der Waals surface area contributed by atoms with Crippen molar-refractivity contribution in [2.24, 2.45) is 0 Å². The van der Waals surface area contributed by atoms with Crippen LogP contribution in [0.5, 0.6) is 0 Å². The van der Waals surface area contributed by atoms with E-state index in [1.54, 1.807) is 0 Å². The van der Waals surface area contributed by atoms with Gasteiger partial charge in [0, 0.05) is 18.5 Å². The molecule has 3 nitrogen and oxygen atoms in total. The highest BCUT2D eigenvalue weighted by Crippen LogP contribution is 2.35. The molecule has 1 amide bonds. The molecule has 0 atom stereocenters. The zero-order chi connectivity index (χ0) is 14.4. The molecule has 3 heteroatoms. The Labute approximate surface area is 123 Å². The van der Waals surface area contributed by atoms with Crippen LogP contribution in [0.15, 0.2) is 48.5 Å². The van der Waals surface area contributed by atoms with E-state index in [1.165, 1.54) is 22.2 Å². The number of benzene rings is 2. The molecule has 2 heterocycles. The molecule has 1 aromatic heterocycles. The number of nitrogens with one attached hydrogen (secondary N) is 1. The van der Waals surface area contributed by atoms with Gasteiger partial charge in [-0.05, 0) is 24.1 Å². The van der Waals surface area contributed by atoms with Gasteiger partial charge in [0.05, 0.1) is 16.8 Å². The van der Waals surface area contributed by atoms with E-state index in [9.17, 15) is 4.79 Å². The van der Waals surface area contributed by atoms with E-state index in [1.807, 2.05) is 18.2 Å². The summed E-state index contributed by atoms with van der Waals surface area (Å²) in [7, 11) is 0. The molecule has 0 saturated heterocycles. The third-order valence-electron chi connectivity index (χ3n) is 4.25. The lowest BCUT2D eigenvalue weighted by molar-refractivity contribution is 0.0956. The fourth-order valence-corrected chi connectivity index (χ4v) is 3.33. The Morgan fingerprint density at radius 2 is 1.86 bits per heavy atom. The summed E-state index contributed by atoms with van der Waals surface area (Å²) in [6.45, 7) is 3.61. The van der Waals surface area contributed by atoms with E-state index in [2.05, 4.69) is 47.1 Å². The number of carbonyl (C=O) groups is 1. The van der Waals surface area contributed by atoms with Gasteiger partial charge in [0.15, 0.2) is 0 Å². The Bertz CT molecular complexity index is 847. The molecule has 0 unspecified atom stereocenters. The molecule has 0 bridgehead atoms. The predicted molar refractivity (Wildman–Crippen MR) is 84.4 cm³/mol. The highest BCUT2D eigenvalue weighted by Gasteiger charge is 2.22. The minimum atomic E-state index is 0.0245. The van der Waals surface area contributed by atoms with Gasteiger partial charge in [-0.15, -0.1) is 0 Å². The van der Waals surface area contributed by atoms with Gasteiger partial charge in [-0.1, -0.05) is 42.5 Å². The smallest absolute Gasteiger partial charge is 0.253 e. The molecule has 0 fully saturated rings. The number of hydrogen-bond donors (Lipinski definition) is 1. The topological polar surface area (TPSA) is 34.0 Å². The molecule has 1 aliphatic heterocycles. The first kappa shape index (κ1) is 12.2. The molecule has 0 saturated carbocycles. The van der Waals surface area contributed by atoms with Crippen LogP contribution in [0.25, 0.3) is 22.2 Å². The van der Waals surface area contributed by atoms with Gasteiger partial charge in [0.1, 0.15) is 0 Å². The fourth-order valence-electron chi connectivity index (χ4n) is 3.33. The molecule has 4 rings (SSSR count). The number of hydrogen-bond acceptors (Lipinski definition) is 1. The maximum absolute atomic E-state index is 12.2. The molecule has 1 N–H and O–H groups in total. The molecule has 0 radical (unpaired) electrons. The zero-order valence-electron chi connectivity index (χ0n) is 11.9. The number of rotatable bonds is 1. The van der Waals surface area contributed by atoms with Crippen LogP contribution < -0.4 is 5.32 Å². The molecule has 0 aliphatic carbocycles. The number of amides is 1. The van der Waals surface area contributed by atoms with Gasteiger partial charge in [-0.2, -0.15) is 0 Å². The van der Waals surface area contributed by atoms with Crippen molar-refractivity contribution in [3.05, 3.63) is 59.7 Å². The molecule has 1 aliphatic rings. The van der Waals surface area contributed by atoms with Crippen LogP contribution in [0.2, 0.25) is 0 Å². The lowest BCUT2D eigenvalue weighted by Crippen LogP contribution is -2.24. The lowest BCUT2D eigenvalue weighted by Gasteiger charge is -2.10. The maximum Gasteiger partial charge on any atom is 0.253 e. The average molecular weight is 276 g/mol. The zero-order valence-corrected chi connectivity index (χ0v) is 11.9. The van der Waals surface area contributed by atoms with E-state index in [0.29, 0.717) is 6.54 Å². The lowest BCUT2D eigenvalue weighted by atomic mass is 10.0. The first-order valence-corrected chi connectivity index (χ1v) is 7.23. The second-order valence-corrected chi connectivity index (χ2v) is 5.45. The second kappa shape index (κ2) is 4.48.